The van der Waals surface area contributed by atoms with Crippen LogP contribution in [0.3, 0.4) is 0 Å². The van der Waals surface area contributed by atoms with Gasteiger partial charge in [0.2, 0.25) is 0 Å². The largest absolute Gasteiger partial charge is 0.490 e. The van der Waals surface area contributed by atoms with Crippen molar-refractivity contribution in [1.29, 1.82) is 0 Å². The molecule has 0 bridgehead atoms. The highest BCUT2D eigenvalue weighted by Crippen LogP contribution is 2.33. The zero-order valence-corrected chi connectivity index (χ0v) is 12.4. The number of oxazole rings is 1. The van der Waals surface area contributed by atoms with E-state index in [1.807, 2.05) is 6.92 Å². The van der Waals surface area contributed by atoms with E-state index in [2.05, 4.69) is 22.1 Å². The summed E-state index contributed by atoms with van der Waals surface area (Å²) in [6, 6.07) is 4.56. The number of benzene rings is 1. The number of aromatic nitrogens is 1. The molecule has 1 aliphatic rings. The van der Waals surface area contributed by atoms with Crippen molar-refractivity contribution >= 4 is 28.7 Å². The first kappa shape index (κ1) is 13.5. The Morgan fingerprint density at radius 1 is 1.55 bits per heavy atom. The Bertz CT molecular complexity index is 614. The van der Waals surface area contributed by atoms with Gasteiger partial charge in [0.15, 0.2) is 11.3 Å². The molecule has 1 aliphatic heterocycles. The molecular formula is C14H18ClN3O2. The van der Waals surface area contributed by atoms with Gasteiger partial charge in [0.1, 0.15) is 5.52 Å². The molecule has 1 fully saturated rings. The summed E-state index contributed by atoms with van der Waals surface area (Å²) >= 11 is 6.10. The highest BCUT2D eigenvalue weighted by molar-refractivity contribution is 6.31. The Morgan fingerprint density at radius 3 is 3.15 bits per heavy atom. The maximum Gasteiger partial charge on any atom is 0.298 e. The van der Waals surface area contributed by atoms with E-state index in [0.717, 1.165) is 25.2 Å². The molecule has 1 unspecified atom stereocenters. The number of hydrogen-bond acceptors (Lipinski definition) is 5. The zero-order valence-electron chi connectivity index (χ0n) is 11.6. The molecular weight excluding hydrogens is 278 g/mol. The van der Waals surface area contributed by atoms with Crippen molar-refractivity contribution in [3.05, 3.63) is 17.2 Å². The molecule has 0 saturated carbocycles. The molecule has 1 aromatic carbocycles. The molecule has 6 heteroatoms. The second-order valence-electron chi connectivity index (χ2n) is 4.93. The van der Waals surface area contributed by atoms with Crippen LogP contribution >= 0.6 is 11.6 Å². The third-order valence-corrected chi connectivity index (χ3v) is 3.67. The van der Waals surface area contributed by atoms with Gasteiger partial charge in [-0.05, 0) is 19.9 Å². The van der Waals surface area contributed by atoms with Crippen molar-refractivity contribution in [2.45, 2.75) is 19.9 Å². The van der Waals surface area contributed by atoms with Crippen LogP contribution in [-0.2, 0) is 0 Å². The second-order valence-corrected chi connectivity index (χ2v) is 5.36. The van der Waals surface area contributed by atoms with Gasteiger partial charge in [-0.2, -0.15) is 4.98 Å². The van der Waals surface area contributed by atoms with Crippen LogP contribution in [0.15, 0.2) is 16.5 Å². The molecule has 1 saturated heterocycles. The van der Waals surface area contributed by atoms with Crippen LogP contribution in [0.25, 0.3) is 11.1 Å². The van der Waals surface area contributed by atoms with Crippen molar-refractivity contribution in [2.75, 3.05) is 31.1 Å². The number of anilines is 1. The average molecular weight is 296 g/mol. The van der Waals surface area contributed by atoms with Gasteiger partial charge in [-0.1, -0.05) is 11.6 Å². The van der Waals surface area contributed by atoms with E-state index >= 15 is 0 Å². The fourth-order valence-corrected chi connectivity index (χ4v) is 2.67. The fraction of sp³-hybridized carbons (Fsp3) is 0.500. The second kappa shape index (κ2) is 5.50. The van der Waals surface area contributed by atoms with E-state index in [0.29, 0.717) is 35.0 Å². The molecule has 1 aromatic heterocycles. The lowest BCUT2D eigenvalue weighted by molar-refractivity contribution is 0.338. The number of rotatable bonds is 3. The summed E-state index contributed by atoms with van der Waals surface area (Å²) in [6.07, 6.45) is 0. The van der Waals surface area contributed by atoms with Gasteiger partial charge in [0.25, 0.3) is 6.01 Å². The van der Waals surface area contributed by atoms with Gasteiger partial charge in [0.05, 0.1) is 6.61 Å². The number of nitrogens with zero attached hydrogens (tertiary/aromatic N) is 2. The minimum absolute atomic E-state index is 0.350. The fourth-order valence-electron chi connectivity index (χ4n) is 2.47. The zero-order chi connectivity index (χ0) is 14.1. The topological polar surface area (TPSA) is 50.5 Å². The van der Waals surface area contributed by atoms with Gasteiger partial charge in [0, 0.05) is 36.8 Å². The predicted octanol–water partition coefficient (Wildman–Crippen LogP) is 2.68. The van der Waals surface area contributed by atoms with Crippen LogP contribution in [0.5, 0.6) is 5.75 Å². The molecule has 2 heterocycles. The van der Waals surface area contributed by atoms with Crippen LogP contribution in [0.2, 0.25) is 5.02 Å². The monoisotopic (exact) mass is 295 g/mol. The first-order valence-corrected chi connectivity index (χ1v) is 7.27. The van der Waals surface area contributed by atoms with E-state index < -0.39 is 0 Å². The summed E-state index contributed by atoms with van der Waals surface area (Å²) < 4.78 is 11.5. The molecule has 0 radical (unpaired) electrons. The van der Waals surface area contributed by atoms with Gasteiger partial charge < -0.3 is 19.4 Å². The molecule has 0 amide bonds. The minimum Gasteiger partial charge on any atom is -0.490 e. The van der Waals surface area contributed by atoms with Gasteiger partial charge in [-0.15, -0.1) is 0 Å². The van der Waals surface area contributed by atoms with Crippen LogP contribution < -0.4 is 15.0 Å². The molecule has 2 aromatic rings. The highest BCUT2D eigenvalue weighted by Gasteiger charge is 2.23. The van der Waals surface area contributed by atoms with Crippen molar-refractivity contribution < 1.29 is 9.15 Å². The Labute approximate surface area is 122 Å². The van der Waals surface area contributed by atoms with E-state index in [1.165, 1.54) is 0 Å². The van der Waals surface area contributed by atoms with Crippen molar-refractivity contribution in [3.8, 4) is 5.75 Å². The maximum atomic E-state index is 6.10. The predicted molar refractivity (Wildman–Crippen MR) is 79.9 cm³/mol. The number of nitrogens with one attached hydrogen (secondary N) is 1. The number of piperazine rings is 1. The van der Waals surface area contributed by atoms with E-state index in [1.54, 1.807) is 12.1 Å². The smallest absolute Gasteiger partial charge is 0.298 e. The maximum absolute atomic E-state index is 6.10. The quantitative estimate of drug-likeness (QED) is 0.943. The van der Waals surface area contributed by atoms with Crippen LogP contribution in [0.4, 0.5) is 6.01 Å². The van der Waals surface area contributed by atoms with Crippen LogP contribution in [0, 0.1) is 0 Å². The highest BCUT2D eigenvalue weighted by atomic mass is 35.5. The van der Waals surface area contributed by atoms with Gasteiger partial charge in [-0.3, -0.25) is 0 Å². The molecule has 3 rings (SSSR count). The first-order valence-electron chi connectivity index (χ1n) is 6.89. The Kier molecular flexibility index (Phi) is 3.72. The molecule has 5 nitrogen and oxygen atoms in total. The molecule has 1 N–H and O–H groups in total. The lowest BCUT2D eigenvalue weighted by Crippen LogP contribution is -2.50. The number of fused-ring (bicyclic) bond motifs is 1. The van der Waals surface area contributed by atoms with Gasteiger partial charge >= 0.3 is 0 Å². The van der Waals surface area contributed by atoms with Crippen molar-refractivity contribution in [1.82, 2.24) is 10.3 Å². The molecule has 1 atom stereocenters. The third-order valence-electron chi connectivity index (χ3n) is 3.46. The molecule has 0 aliphatic carbocycles. The molecule has 20 heavy (non-hydrogen) atoms. The van der Waals surface area contributed by atoms with E-state index in [-0.39, 0.29) is 0 Å². The third kappa shape index (κ3) is 2.43. The molecule has 108 valence electrons. The Morgan fingerprint density at radius 2 is 2.40 bits per heavy atom. The Hall–Kier alpha value is -1.46. The molecule has 0 spiro atoms. The lowest BCUT2D eigenvalue weighted by atomic mass is 10.2. The normalized spacial score (nSPS) is 19.6. The number of halogens is 1. The summed E-state index contributed by atoms with van der Waals surface area (Å²) in [5.74, 6) is 0.650. The van der Waals surface area contributed by atoms with Gasteiger partial charge in [-0.25, -0.2) is 0 Å². The summed E-state index contributed by atoms with van der Waals surface area (Å²) in [5.41, 5.74) is 1.40. The van der Waals surface area contributed by atoms with Crippen LogP contribution in [0.1, 0.15) is 13.8 Å². The van der Waals surface area contributed by atoms with Crippen molar-refractivity contribution in [2.24, 2.45) is 0 Å². The SMILES string of the molecule is CCOc1cc(Cl)cc2nc(N3CCNCC3C)oc12. The summed E-state index contributed by atoms with van der Waals surface area (Å²) in [4.78, 5) is 6.72. The average Bonchev–Trinajstić information content (AvgIpc) is 2.83. The summed E-state index contributed by atoms with van der Waals surface area (Å²) in [6.45, 7) is 7.39. The summed E-state index contributed by atoms with van der Waals surface area (Å²) in [7, 11) is 0. The summed E-state index contributed by atoms with van der Waals surface area (Å²) in [5, 5.41) is 3.96. The Balaban J connectivity index is 2.03. The van der Waals surface area contributed by atoms with Crippen LogP contribution in [-0.4, -0.2) is 37.3 Å². The first-order chi connectivity index (χ1) is 9.69. The number of hydrogen-bond donors (Lipinski definition) is 1. The van der Waals surface area contributed by atoms with E-state index in [9.17, 15) is 0 Å². The lowest BCUT2D eigenvalue weighted by Gasteiger charge is -2.32. The minimum atomic E-state index is 0.350. The standard InChI is InChI=1S/C14H18ClN3O2/c1-3-19-12-7-10(15)6-11-13(12)20-14(17-11)18-5-4-16-8-9(18)2/h6-7,9,16H,3-5,8H2,1-2H3. The number of ether oxygens (including phenoxy) is 1. The van der Waals surface area contributed by atoms with E-state index in [4.69, 9.17) is 20.8 Å². The van der Waals surface area contributed by atoms with Crippen molar-refractivity contribution in [3.63, 3.8) is 0 Å².